The standard InChI is InChI=1S/C19H31N3O.HI/c1-4-5-10-15-22(3)19(20-2)21-14-9-11-16-23-17-18-12-7-6-8-13-18;/h4,6-8,12-13H,1,5,9-11,14-17H2,2-3H3,(H,20,21);1H. The van der Waals surface area contributed by atoms with E-state index in [1.54, 1.807) is 0 Å². The van der Waals surface area contributed by atoms with Gasteiger partial charge in [0.15, 0.2) is 5.96 Å². The van der Waals surface area contributed by atoms with Crippen LogP contribution in [0, 0.1) is 0 Å². The summed E-state index contributed by atoms with van der Waals surface area (Å²) in [5.74, 6) is 0.958. The van der Waals surface area contributed by atoms with Gasteiger partial charge in [-0.3, -0.25) is 4.99 Å². The van der Waals surface area contributed by atoms with Crippen molar-refractivity contribution in [2.24, 2.45) is 4.99 Å². The molecule has 24 heavy (non-hydrogen) atoms. The predicted octanol–water partition coefficient (Wildman–Crippen LogP) is 4.07. The highest BCUT2D eigenvalue weighted by atomic mass is 127. The van der Waals surface area contributed by atoms with Crippen LogP contribution in [0.4, 0.5) is 0 Å². The van der Waals surface area contributed by atoms with Crippen LogP contribution in [0.5, 0.6) is 0 Å². The maximum absolute atomic E-state index is 5.69. The van der Waals surface area contributed by atoms with Gasteiger partial charge in [-0.25, -0.2) is 0 Å². The number of halogens is 1. The molecule has 0 fully saturated rings. The van der Waals surface area contributed by atoms with Crippen molar-refractivity contribution in [3.8, 4) is 0 Å². The molecule has 136 valence electrons. The lowest BCUT2D eigenvalue weighted by Gasteiger charge is -2.21. The Balaban J connectivity index is 0.00000529. The lowest BCUT2D eigenvalue weighted by molar-refractivity contribution is 0.117. The first-order valence-corrected chi connectivity index (χ1v) is 8.42. The Kier molecular flexibility index (Phi) is 14.8. The van der Waals surface area contributed by atoms with Gasteiger partial charge in [0, 0.05) is 33.8 Å². The van der Waals surface area contributed by atoms with E-state index in [4.69, 9.17) is 4.74 Å². The SMILES string of the molecule is C=CCCCN(C)C(=NC)NCCCCOCc1ccccc1.I. The Hall–Kier alpha value is -1.08. The van der Waals surface area contributed by atoms with E-state index in [1.807, 2.05) is 31.3 Å². The summed E-state index contributed by atoms with van der Waals surface area (Å²) in [6, 6.07) is 10.3. The summed E-state index contributed by atoms with van der Waals surface area (Å²) in [4.78, 5) is 6.48. The minimum atomic E-state index is 0. The molecule has 5 heteroatoms. The molecule has 1 aromatic rings. The molecule has 0 radical (unpaired) electrons. The first kappa shape index (κ1) is 22.9. The van der Waals surface area contributed by atoms with Crippen molar-refractivity contribution in [2.45, 2.75) is 32.3 Å². The van der Waals surface area contributed by atoms with E-state index in [1.165, 1.54) is 5.56 Å². The van der Waals surface area contributed by atoms with E-state index in [0.29, 0.717) is 6.61 Å². The third-order valence-corrected chi connectivity index (χ3v) is 3.59. The van der Waals surface area contributed by atoms with E-state index in [2.05, 4.69) is 41.0 Å². The third-order valence-electron chi connectivity index (χ3n) is 3.59. The molecule has 0 spiro atoms. The fourth-order valence-electron chi connectivity index (χ4n) is 2.26. The summed E-state index contributed by atoms with van der Waals surface area (Å²) >= 11 is 0. The topological polar surface area (TPSA) is 36.9 Å². The summed E-state index contributed by atoms with van der Waals surface area (Å²) in [5.41, 5.74) is 1.23. The van der Waals surface area contributed by atoms with E-state index >= 15 is 0 Å². The van der Waals surface area contributed by atoms with Crippen molar-refractivity contribution >= 4 is 29.9 Å². The van der Waals surface area contributed by atoms with E-state index < -0.39 is 0 Å². The highest BCUT2D eigenvalue weighted by Crippen LogP contribution is 2.01. The van der Waals surface area contributed by atoms with Crippen molar-refractivity contribution in [2.75, 3.05) is 33.8 Å². The van der Waals surface area contributed by atoms with E-state index in [0.717, 1.165) is 51.3 Å². The fourth-order valence-corrected chi connectivity index (χ4v) is 2.26. The molecule has 0 aliphatic carbocycles. The van der Waals surface area contributed by atoms with E-state index in [9.17, 15) is 0 Å². The minimum Gasteiger partial charge on any atom is -0.377 e. The summed E-state index contributed by atoms with van der Waals surface area (Å²) in [7, 11) is 3.90. The van der Waals surface area contributed by atoms with Crippen LogP contribution in [0.1, 0.15) is 31.2 Å². The third kappa shape index (κ3) is 10.6. The molecule has 1 aromatic carbocycles. The van der Waals surface area contributed by atoms with Gasteiger partial charge in [-0.15, -0.1) is 30.6 Å². The van der Waals surface area contributed by atoms with Crippen molar-refractivity contribution in [3.63, 3.8) is 0 Å². The molecule has 0 atom stereocenters. The first-order valence-electron chi connectivity index (χ1n) is 8.42. The number of ether oxygens (including phenoxy) is 1. The average Bonchev–Trinajstić information content (AvgIpc) is 2.58. The summed E-state index contributed by atoms with van der Waals surface area (Å²) in [5, 5.41) is 3.40. The lowest BCUT2D eigenvalue weighted by atomic mass is 10.2. The first-order chi connectivity index (χ1) is 11.3. The smallest absolute Gasteiger partial charge is 0.193 e. The number of nitrogens with zero attached hydrogens (tertiary/aromatic N) is 2. The van der Waals surface area contributed by atoms with Crippen LogP contribution in [-0.2, 0) is 11.3 Å². The molecular formula is C19H32IN3O. The van der Waals surface area contributed by atoms with Crippen molar-refractivity contribution in [1.29, 1.82) is 0 Å². The number of hydrogen-bond donors (Lipinski definition) is 1. The van der Waals surface area contributed by atoms with Crippen LogP contribution in [-0.4, -0.2) is 44.7 Å². The summed E-state index contributed by atoms with van der Waals surface area (Å²) < 4.78 is 5.69. The van der Waals surface area contributed by atoms with Crippen LogP contribution in [0.25, 0.3) is 0 Å². The number of aliphatic imine (C=N–C) groups is 1. The van der Waals surface area contributed by atoms with Gasteiger partial charge in [0.2, 0.25) is 0 Å². The van der Waals surface area contributed by atoms with Crippen LogP contribution < -0.4 is 5.32 Å². The molecule has 0 aliphatic heterocycles. The Morgan fingerprint density at radius 1 is 1.25 bits per heavy atom. The molecule has 0 saturated carbocycles. The molecule has 0 aromatic heterocycles. The maximum atomic E-state index is 5.69. The van der Waals surface area contributed by atoms with Gasteiger partial charge in [-0.05, 0) is 31.2 Å². The summed E-state index contributed by atoms with van der Waals surface area (Å²) in [6.07, 6.45) is 6.24. The van der Waals surface area contributed by atoms with Crippen molar-refractivity contribution < 1.29 is 4.74 Å². The Morgan fingerprint density at radius 3 is 2.67 bits per heavy atom. The predicted molar refractivity (Wildman–Crippen MR) is 114 cm³/mol. The Labute approximate surface area is 164 Å². The normalized spacial score (nSPS) is 10.8. The van der Waals surface area contributed by atoms with Crippen LogP contribution in [0.3, 0.4) is 0 Å². The van der Waals surface area contributed by atoms with E-state index in [-0.39, 0.29) is 24.0 Å². The molecule has 0 heterocycles. The zero-order chi connectivity index (χ0) is 16.8. The molecule has 0 saturated heterocycles. The zero-order valence-corrected chi connectivity index (χ0v) is 17.4. The van der Waals surface area contributed by atoms with Crippen LogP contribution in [0.15, 0.2) is 48.0 Å². The second-order valence-electron chi connectivity index (χ2n) is 5.57. The Bertz CT molecular complexity index is 451. The fraction of sp³-hybridized carbons (Fsp3) is 0.526. The van der Waals surface area contributed by atoms with Crippen LogP contribution in [0.2, 0.25) is 0 Å². The minimum absolute atomic E-state index is 0. The van der Waals surface area contributed by atoms with Gasteiger partial charge >= 0.3 is 0 Å². The van der Waals surface area contributed by atoms with Crippen LogP contribution >= 0.6 is 24.0 Å². The number of hydrogen-bond acceptors (Lipinski definition) is 2. The molecule has 0 amide bonds. The monoisotopic (exact) mass is 445 g/mol. The van der Waals surface area contributed by atoms with Gasteiger partial charge in [-0.2, -0.15) is 0 Å². The molecule has 4 nitrogen and oxygen atoms in total. The second-order valence-corrected chi connectivity index (χ2v) is 5.57. The number of nitrogens with one attached hydrogen (secondary N) is 1. The average molecular weight is 445 g/mol. The van der Waals surface area contributed by atoms with Gasteiger partial charge in [0.1, 0.15) is 0 Å². The van der Waals surface area contributed by atoms with Crippen molar-refractivity contribution in [1.82, 2.24) is 10.2 Å². The number of benzene rings is 1. The van der Waals surface area contributed by atoms with Crippen molar-refractivity contribution in [3.05, 3.63) is 48.6 Å². The molecule has 1 N–H and O–H groups in total. The number of rotatable bonds is 11. The van der Waals surface area contributed by atoms with Gasteiger partial charge in [0.25, 0.3) is 0 Å². The second kappa shape index (κ2) is 15.4. The number of allylic oxidation sites excluding steroid dienone is 1. The van der Waals surface area contributed by atoms with Gasteiger partial charge in [0.05, 0.1) is 6.61 Å². The lowest BCUT2D eigenvalue weighted by Crippen LogP contribution is -2.39. The number of guanidine groups is 1. The summed E-state index contributed by atoms with van der Waals surface area (Å²) in [6.45, 7) is 7.16. The molecule has 0 bridgehead atoms. The maximum Gasteiger partial charge on any atom is 0.193 e. The quantitative estimate of drug-likeness (QED) is 0.183. The Morgan fingerprint density at radius 2 is 2.00 bits per heavy atom. The highest BCUT2D eigenvalue weighted by molar-refractivity contribution is 14.0. The molecular weight excluding hydrogens is 413 g/mol. The highest BCUT2D eigenvalue weighted by Gasteiger charge is 2.03. The molecule has 0 unspecified atom stereocenters. The zero-order valence-electron chi connectivity index (χ0n) is 15.0. The van der Waals surface area contributed by atoms with Gasteiger partial charge in [-0.1, -0.05) is 36.4 Å². The molecule has 0 aliphatic rings. The largest absolute Gasteiger partial charge is 0.377 e. The molecule has 1 rings (SSSR count). The number of unbranched alkanes of at least 4 members (excludes halogenated alkanes) is 2. The van der Waals surface area contributed by atoms with Gasteiger partial charge < -0.3 is 15.0 Å².